The molecule has 2 bridgehead atoms. The van der Waals surface area contributed by atoms with Crippen molar-refractivity contribution < 1.29 is 9.53 Å². The molecule has 2 heteroatoms. The fraction of sp³-hybridized carbons (Fsp3) is 0.967. The third-order valence-corrected chi connectivity index (χ3v) is 13.9. The monoisotopic (exact) mass is 440 g/mol. The maximum absolute atomic E-state index is 12.9. The Labute approximate surface area is 197 Å². The first kappa shape index (κ1) is 22.1. The highest BCUT2D eigenvalue weighted by atomic mass is 16.5. The van der Waals surface area contributed by atoms with Gasteiger partial charge in [0.1, 0.15) is 5.78 Å². The van der Waals surface area contributed by atoms with Crippen molar-refractivity contribution in [2.45, 2.75) is 119 Å². The van der Waals surface area contributed by atoms with Crippen molar-refractivity contribution in [2.75, 3.05) is 6.61 Å². The Morgan fingerprint density at radius 1 is 0.750 bits per heavy atom. The summed E-state index contributed by atoms with van der Waals surface area (Å²) in [6, 6.07) is 0. The van der Waals surface area contributed by atoms with Crippen LogP contribution in [0.3, 0.4) is 0 Å². The van der Waals surface area contributed by atoms with Crippen LogP contribution in [-0.4, -0.2) is 18.5 Å². The van der Waals surface area contributed by atoms with E-state index in [2.05, 4.69) is 48.5 Å². The van der Waals surface area contributed by atoms with Gasteiger partial charge in [-0.3, -0.25) is 4.79 Å². The predicted octanol–water partition coefficient (Wildman–Crippen LogP) is 7.45. The van der Waals surface area contributed by atoms with Crippen molar-refractivity contribution >= 4 is 5.78 Å². The summed E-state index contributed by atoms with van der Waals surface area (Å²) < 4.78 is 6.70. The van der Waals surface area contributed by atoms with Gasteiger partial charge in [0.15, 0.2) is 0 Å². The van der Waals surface area contributed by atoms with Crippen LogP contribution in [0.1, 0.15) is 113 Å². The Kier molecular flexibility index (Phi) is 4.31. The van der Waals surface area contributed by atoms with Crippen LogP contribution >= 0.6 is 0 Å². The quantitative estimate of drug-likeness (QED) is 0.391. The van der Waals surface area contributed by atoms with Crippen molar-refractivity contribution in [3.8, 4) is 0 Å². The lowest BCUT2D eigenvalue weighted by Gasteiger charge is -2.72. The van der Waals surface area contributed by atoms with Crippen LogP contribution in [0.2, 0.25) is 0 Å². The van der Waals surface area contributed by atoms with E-state index in [0.717, 1.165) is 37.2 Å². The number of Topliss-reactive ketones (excluding diaryl/α,β-unsaturated/α-hetero) is 1. The lowest BCUT2D eigenvalue weighted by Crippen LogP contribution is -2.67. The first-order valence-corrected chi connectivity index (χ1v) is 14.0. The van der Waals surface area contributed by atoms with E-state index in [-0.39, 0.29) is 5.41 Å². The molecular formula is C30H48O2. The molecule has 0 aromatic heterocycles. The molecule has 6 aliphatic rings. The van der Waals surface area contributed by atoms with Crippen molar-refractivity contribution in [3.05, 3.63) is 0 Å². The smallest absolute Gasteiger partial charge is 0.138 e. The van der Waals surface area contributed by atoms with E-state index in [1.807, 2.05) is 0 Å². The summed E-state index contributed by atoms with van der Waals surface area (Å²) in [7, 11) is 0. The van der Waals surface area contributed by atoms with Crippen LogP contribution in [-0.2, 0) is 9.53 Å². The molecule has 6 rings (SSSR count). The third kappa shape index (κ3) is 2.35. The average molecular weight is 441 g/mol. The zero-order valence-corrected chi connectivity index (χ0v) is 22.0. The van der Waals surface area contributed by atoms with Gasteiger partial charge in [-0.05, 0) is 109 Å². The summed E-state index contributed by atoms with van der Waals surface area (Å²) in [6.07, 6.45) is 13.3. The molecule has 2 nitrogen and oxygen atoms in total. The molecule has 0 aromatic carbocycles. The first-order chi connectivity index (χ1) is 14.8. The predicted molar refractivity (Wildman–Crippen MR) is 129 cm³/mol. The summed E-state index contributed by atoms with van der Waals surface area (Å²) in [6.45, 7) is 18.6. The second-order valence-corrected chi connectivity index (χ2v) is 15.4. The number of carbonyl (C=O) groups is 1. The summed E-state index contributed by atoms with van der Waals surface area (Å²) in [5.74, 6) is 3.46. The highest BCUT2D eigenvalue weighted by Gasteiger charge is 2.72. The van der Waals surface area contributed by atoms with Gasteiger partial charge in [0.25, 0.3) is 0 Å². The number of hydrogen-bond donors (Lipinski definition) is 0. The number of rotatable bonds is 0. The number of fused-ring (bicyclic) bond motifs is 5. The first-order valence-electron chi connectivity index (χ1n) is 14.0. The molecule has 5 aliphatic carbocycles. The molecule has 5 saturated carbocycles. The topological polar surface area (TPSA) is 26.3 Å². The molecule has 1 saturated heterocycles. The Morgan fingerprint density at radius 2 is 1.47 bits per heavy atom. The van der Waals surface area contributed by atoms with Gasteiger partial charge in [0.2, 0.25) is 0 Å². The maximum Gasteiger partial charge on any atom is 0.138 e. The molecule has 32 heavy (non-hydrogen) atoms. The van der Waals surface area contributed by atoms with Gasteiger partial charge in [-0.15, -0.1) is 0 Å². The molecule has 0 amide bonds. The van der Waals surface area contributed by atoms with Crippen LogP contribution in [0.25, 0.3) is 0 Å². The van der Waals surface area contributed by atoms with E-state index >= 15 is 0 Å². The van der Waals surface area contributed by atoms with Gasteiger partial charge in [-0.25, -0.2) is 0 Å². The Hall–Kier alpha value is -0.370. The molecule has 0 aromatic rings. The minimum absolute atomic E-state index is 0.136. The zero-order chi connectivity index (χ0) is 22.9. The van der Waals surface area contributed by atoms with Crippen molar-refractivity contribution in [1.29, 1.82) is 0 Å². The highest BCUT2D eigenvalue weighted by molar-refractivity contribution is 5.85. The standard InChI is InChI=1S/C30H48O2/c1-25(2)14-16-30-17-15-28(6)19(23(30)24(25)32-18-30)8-9-21-27(5)12-11-22(31)26(3,4)20(27)10-13-29(21,28)7/h19-21,23-24H,8-18H2,1-7H3/t19-,20+,21+,23-,24-,27+,28+,29+,30+/m1/s1. The average Bonchev–Trinajstić information content (AvgIpc) is 3.05. The van der Waals surface area contributed by atoms with Gasteiger partial charge in [-0.2, -0.15) is 0 Å². The zero-order valence-electron chi connectivity index (χ0n) is 22.0. The molecule has 0 spiro atoms. The van der Waals surface area contributed by atoms with Crippen LogP contribution in [0.4, 0.5) is 0 Å². The molecular weight excluding hydrogens is 392 g/mol. The number of ketones is 1. The van der Waals surface area contributed by atoms with E-state index in [9.17, 15) is 4.79 Å². The molecule has 1 aliphatic heterocycles. The minimum atomic E-state index is -0.136. The summed E-state index contributed by atoms with van der Waals surface area (Å²) in [5.41, 5.74) is 1.83. The lowest BCUT2D eigenvalue weighted by atomic mass is 9.31. The summed E-state index contributed by atoms with van der Waals surface area (Å²) in [4.78, 5) is 12.9. The summed E-state index contributed by atoms with van der Waals surface area (Å²) >= 11 is 0. The van der Waals surface area contributed by atoms with Crippen molar-refractivity contribution in [2.24, 2.45) is 56.2 Å². The second-order valence-electron chi connectivity index (χ2n) is 15.4. The number of ether oxygens (including phenoxy) is 1. The lowest BCUT2D eigenvalue weighted by molar-refractivity contribution is -0.239. The minimum Gasteiger partial charge on any atom is -0.377 e. The molecule has 0 radical (unpaired) electrons. The van der Waals surface area contributed by atoms with E-state index in [1.54, 1.807) is 0 Å². The maximum atomic E-state index is 12.9. The molecule has 9 atom stereocenters. The normalized spacial score (nSPS) is 57.7. The largest absolute Gasteiger partial charge is 0.377 e. The fourth-order valence-corrected chi connectivity index (χ4v) is 11.8. The van der Waals surface area contributed by atoms with Gasteiger partial charge in [0.05, 0.1) is 12.7 Å². The van der Waals surface area contributed by atoms with E-state index in [1.165, 1.54) is 51.4 Å². The van der Waals surface area contributed by atoms with Crippen molar-refractivity contribution in [1.82, 2.24) is 0 Å². The van der Waals surface area contributed by atoms with E-state index < -0.39 is 0 Å². The number of hydrogen-bond acceptors (Lipinski definition) is 2. The summed E-state index contributed by atoms with van der Waals surface area (Å²) in [5, 5.41) is 0. The molecule has 0 unspecified atom stereocenters. The van der Waals surface area contributed by atoms with Crippen LogP contribution in [0.15, 0.2) is 0 Å². The molecule has 6 fully saturated rings. The van der Waals surface area contributed by atoms with Crippen LogP contribution in [0, 0.1) is 56.2 Å². The van der Waals surface area contributed by atoms with E-state index in [0.29, 0.717) is 44.9 Å². The Bertz CT molecular complexity index is 842. The Balaban J connectivity index is 1.40. The fourth-order valence-electron chi connectivity index (χ4n) is 11.8. The van der Waals surface area contributed by atoms with Gasteiger partial charge >= 0.3 is 0 Å². The molecule has 0 N–H and O–H groups in total. The third-order valence-electron chi connectivity index (χ3n) is 13.9. The molecule has 1 heterocycles. The van der Waals surface area contributed by atoms with Crippen molar-refractivity contribution in [3.63, 3.8) is 0 Å². The number of carbonyl (C=O) groups excluding carboxylic acids is 1. The SMILES string of the molecule is CC1(C)CC[C@@]23CC[C@@]4(C)[C@H](CC[C@H]5[C@@]6(C)CCC(=O)C(C)(C)[C@@H]6CC[C@@]54C)[C@@H]2[C@H]1OC3. The Morgan fingerprint density at radius 3 is 2.22 bits per heavy atom. The second kappa shape index (κ2) is 6.24. The van der Waals surface area contributed by atoms with Gasteiger partial charge in [0, 0.05) is 11.8 Å². The van der Waals surface area contributed by atoms with Crippen LogP contribution in [0.5, 0.6) is 0 Å². The van der Waals surface area contributed by atoms with Crippen LogP contribution < -0.4 is 0 Å². The molecule has 180 valence electrons. The van der Waals surface area contributed by atoms with Gasteiger partial charge < -0.3 is 4.74 Å². The van der Waals surface area contributed by atoms with Gasteiger partial charge in [-0.1, -0.05) is 48.5 Å². The van der Waals surface area contributed by atoms with E-state index in [4.69, 9.17) is 4.74 Å². The highest BCUT2D eigenvalue weighted by Crippen LogP contribution is 2.77.